The third-order valence-corrected chi connectivity index (χ3v) is 7.32. The average Bonchev–Trinajstić information content (AvgIpc) is 2.98. The van der Waals surface area contributed by atoms with Gasteiger partial charge in [0.2, 0.25) is 0 Å². The molecule has 1 saturated heterocycles. The van der Waals surface area contributed by atoms with Crippen molar-refractivity contribution in [1.29, 1.82) is 5.26 Å². The van der Waals surface area contributed by atoms with Crippen molar-refractivity contribution in [3.63, 3.8) is 0 Å². The number of nitrogens with two attached hydrogens (primary N) is 1. The molecule has 1 fully saturated rings. The van der Waals surface area contributed by atoms with Crippen LogP contribution in [0.4, 0.5) is 17.1 Å². The van der Waals surface area contributed by atoms with E-state index in [1.165, 1.54) is 0 Å². The van der Waals surface area contributed by atoms with Gasteiger partial charge in [0.1, 0.15) is 24.2 Å². The number of aromatic nitrogens is 2. The fourth-order valence-electron chi connectivity index (χ4n) is 4.90. The molecular formula is C31H32ClN5O3. The Balaban J connectivity index is 1.35. The van der Waals surface area contributed by atoms with E-state index in [4.69, 9.17) is 36.5 Å². The van der Waals surface area contributed by atoms with E-state index < -0.39 is 0 Å². The fraction of sp³-hybridized carbons (Fsp3) is 0.323. The highest BCUT2D eigenvalue weighted by molar-refractivity contribution is 6.32. The molecule has 1 aliphatic rings. The Hall–Kier alpha value is -4.06. The lowest BCUT2D eigenvalue weighted by Crippen LogP contribution is -2.15. The number of anilines is 3. The summed E-state index contributed by atoms with van der Waals surface area (Å²) in [6, 6.07) is 15.5. The molecule has 206 valence electrons. The number of nitrogens with one attached hydrogen (secondary N) is 1. The first-order valence-electron chi connectivity index (χ1n) is 13.5. The topological polar surface area (TPSA) is 115 Å². The van der Waals surface area contributed by atoms with Crippen molar-refractivity contribution in [2.75, 3.05) is 30.9 Å². The van der Waals surface area contributed by atoms with E-state index in [2.05, 4.69) is 22.4 Å². The number of benzene rings is 2. The van der Waals surface area contributed by atoms with Crippen LogP contribution >= 0.6 is 11.6 Å². The third-order valence-electron chi connectivity index (χ3n) is 7.02. The van der Waals surface area contributed by atoms with Gasteiger partial charge in [0.05, 0.1) is 39.8 Å². The van der Waals surface area contributed by atoms with E-state index in [1.807, 2.05) is 44.3 Å². The van der Waals surface area contributed by atoms with Gasteiger partial charge < -0.3 is 25.3 Å². The van der Waals surface area contributed by atoms with Gasteiger partial charge in [0, 0.05) is 53.7 Å². The second-order valence-corrected chi connectivity index (χ2v) is 10.1. The van der Waals surface area contributed by atoms with Gasteiger partial charge in [-0.3, -0.25) is 9.97 Å². The average molecular weight is 558 g/mol. The Labute approximate surface area is 239 Å². The van der Waals surface area contributed by atoms with E-state index in [1.54, 1.807) is 12.1 Å². The standard InChI is InChI=1S/C31H32ClN5O3/c1-3-26-23(16-33)31(22-14-25(34)30(39-4-2)15-28(22)37-26)36-21-6-8-29(24(32)13-21)40-18-19-5-7-27(35-17-19)20-9-11-38-12-10-20/h5-8,13-15,17,20H,3-4,9-12,18,34H2,1-2H3,(H,36,37). The van der Waals surface area contributed by atoms with Crippen molar-refractivity contribution in [2.45, 2.75) is 45.6 Å². The van der Waals surface area contributed by atoms with Crippen LogP contribution in [0, 0.1) is 11.3 Å². The van der Waals surface area contributed by atoms with Crippen LogP contribution in [0.1, 0.15) is 55.1 Å². The lowest BCUT2D eigenvalue weighted by molar-refractivity contribution is 0.0845. The quantitative estimate of drug-likeness (QED) is 0.213. The van der Waals surface area contributed by atoms with Crippen molar-refractivity contribution in [3.8, 4) is 17.6 Å². The predicted molar refractivity (Wildman–Crippen MR) is 158 cm³/mol. The molecule has 4 aromatic rings. The maximum Gasteiger partial charge on any atom is 0.144 e. The van der Waals surface area contributed by atoms with Gasteiger partial charge >= 0.3 is 0 Å². The molecule has 1 aliphatic heterocycles. The van der Waals surface area contributed by atoms with Gasteiger partial charge in [-0.2, -0.15) is 5.26 Å². The number of fused-ring (bicyclic) bond motifs is 1. The van der Waals surface area contributed by atoms with Gasteiger partial charge in [-0.25, -0.2) is 0 Å². The highest BCUT2D eigenvalue weighted by Gasteiger charge is 2.18. The Kier molecular flexibility index (Phi) is 8.54. The zero-order valence-electron chi connectivity index (χ0n) is 22.7. The molecule has 0 saturated carbocycles. The molecule has 0 radical (unpaired) electrons. The molecule has 0 spiro atoms. The number of ether oxygens (including phenoxy) is 3. The van der Waals surface area contributed by atoms with E-state index >= 15 is 0 Å². The summed E-state index contributed by atoms with van der Waals surface area (Å²) in [7, 11) is 0. The summed E-state index contributed by atoms with van der Waals surface area (Å²) in [5.41, 5.74) is 12.0. The molecule has 0 bridgehead atoms. The van der Waals surface area contributed by atoms with Gasteiger partial charge in [-0.05, 0) is 56.5 Å². The van der Waals surface area contributed by atoms with Gasteiger partial charge in [-0.15, -0.1) is 0 Å². The number of nitrogen functional groups attached to an aromatic ring is 1. The molecule has 8 nitrogen and oxygen atoms in total. The number of aryl methyl sites for hydroxylation is 1. The second-order valence-electron chi connectivity index (χ2n) is 9.65. The summed E-state index contributed by atoms with van der Waals surface area (Å²) in [5, 5.41) is 14.6. The number of halogens is 1. The second kappa shape index (κ2) is 12.4. The third kappa shape index (κ3) is 5.91. The maximum absolute atomic E-state index is 10.0. The Morgan fingerprint density at radius 1 is 1.10 bits per heavy atom. The summed E-state index contributed by atoms with van der Waals surface area (Å²) in [6.07, 6.45) is 4.47. The molecule has 40 heavy (non-hydrogen) atoms. The lowest BCUT2D eigenvalue weighted by Gasteiger charge is -2.21. The number of nitriles is 1. The van der Waals surface area contributed by atoms with Crippen molar-refractivity contribution in [2.24, 2.45) is 0 Å². The van der Waals surface area contributed by atoms with Crippen LogP contribution in [0.15, 0.2) is 48.7 Å². The molecule has 3 N–H and O–H groups in total. The SMILES string of the molecule is CCOc1cc2nc(CC)c(C#N)c(Nc3ccc(OCc4ccc(C5CCOCC5)nc4)c(Cl)c3)c2cc1N. The van der Waals surface area contributed by atoms with Gasteiger partial charge in [0.25, 0.3) is 0 Å². The maximum atomic E-state index is 10.0. The normalized spacial score (nSPS) is 13.7. The molecule has 0 aliphatic carbocycles. The number of hydrogen-bond acceptors (Lipinski definition) is 8. The first-order chi connectivity index (χ1) is 19.5. The van der Waals surface area contributed by atoms with Gasteiger partial charge in [0.15, 0.2) is 0 Å². The highest BCUT2D eigenvalue weighted by atomic mass is 35.5. The molecule has 2 aromatic carbocycles. The Bertz CT molecular complexity index is 1550. The first kappa shape index (κ1) is 27.5. The summed E-state index contributed by atoms with van der Waals surface area (Å²) < 4.78 is 17.1. The minimum atomic E-state index is 0.350. The number of pyridine rings is 2. The van der Waals surface area contributed by atoms with Crippen molar-refractivity contribution in [1.82, 2.24) is 9.97 Å². The monoisotopic (exact) mass is 557 g/mol. The lowest BCUT2D eigenvalue weighted by atomic mass is 9.96. The number of rotatable bonds is 9. The molecule has 3 heterocycles. The summed E-state index contributed by atoms with van der Waals surface area (Å²) in [5.74, 6) is 1.58. The molecule has 2 aromatic heterocycles. The smallest absolute Gasteiger partial charge is 0.144 e. The number of nitrogens with zero attached hydrogens (tertiary/aromatic N) is 3. The Morgan fingerprint density at radius 2 is 1.93 bits per heavy atom. The van der Waals surface area contributed by atoms with Crippen LogP contribution < -0.4 is 20.5 Å². The zero-order valence-corrected chi connectivity index (χ0v) is 23.4. The van der Waals surface area contributed by atoms with Crippen LogP contribution in [0.3, 0.4) is 0 Å². The van der Waals surface area contributed by atoms with E-state index in [-0.39, 0.29) is 0 Å². The largest absolute Gasteiger partial charge is 0.492 e. The summed E-state index contributed by atoms with van der Waals surface area (Å²) in [4.78, 5) is 9.36. The Morgan fingerprint density at radius 3 is 2.60 bits per heavy atom. The van der Waals surface area contributed by atoms with E-state index in [0.29, 0.717) is 75.9 Å². The van der Waals surface area contributed by atoms with Crippen LogP contribution in [0.5, 0.6) is 11.5 Å². The molecule has 0 unspecified atom stereocenters. The first-order valence-corrected chi connectivity index (χ1v) is 13.9. The fourth-order valence-corrected chi connectivity index (χ4v) is 5.14. The summed E-state index contributed by atoms with van der Waals surface area (Å²) in [6.45, 7) is 6.29. The van der Waals surface area contributed by atoms with Gasteiger partial charge in [-0.1, -0.05) is 24.6 Å². The van der Waals surface area contributed by atoms with Crippen molar-refractivity contribution >= 4 is 39.6 Å². The molecule has 0 atom stereocenters. The zero-order chi connectivity index (χ0) is 28.1. The molecule has 0 amide bonds. The van der Waals surface area contributed by atoms with Crippen LogP contribution in [-0.4, -0.2) is 29.8 Å². The molecule has 5 rings (SSSR count). The van der Waals surface area contributed by atoms with Crippen molar-refractivity contribution < 1.29 is 14.2 Å². The van der Waals surface area contributed by atoms with Crippen molar-refractivity contribution in [3.05, 3.63) is 76.2 Å². The minimum absolute atomic E-state index is 0.350. The van der Waals surface area contributed by atoms with E-state index in [0.717, 1.165) is 42.7 Å². The molecular weight excluding hydrogens is 526 g/mol. The summed E-state index contributed by atoms with van der Waals surface area (Å²) >= 11 is 6.61. The number of hydrogen-bond donors (Lipinski definition) is 2. The highest BCUT2D eigenvalue weighted by Crippen LogP contribution is 2.37. The van der Waals surface area contributed by atoms with Crippen LogP contribution in [0.2, 0.25) is 5.02 Å². The minimum Gasteiger partial charge on any atom is -0.492 e. The van der Waals surface area contributed by atoms with Crippen LogP contribution in [-0.2, 0) is 17.8 Å². The molecule has 9 heteroatoms. The van der Waals surface area contributed by atoms with E-state index in [9.17, 15) is 5.26 Å². The van der Waals surface area contributed by atoms with Crippen LogP contribution in [0.25, 0.3) is 10.9 Å². The predicted octanol–water partition coefficient (Wildman–Crippen LogP) is 6.91.